The molecular weight excluding hydrogens is 272 g/mol. The number of rotatable bonds is 5. The Morgan fingerprint density at radius 2 is 1.42 bits per heavy atom. The van der Waals surface area contributed by atoms with Gasteiger partial charge in [0.15, 0.2) is 0 Å². The maximum absolute atomic E-state index is 9.85. The van der Waals surface area contributed by atoms with E-state index >= 15 is 0 Å². The van der Waals surface area contributed by atoms with E-state index in [1.807, 2.05) is 13.8 Å². The topological polar surface area (TPSA) is 116 Å². The van der Waals surface area contributed by atoms with Crippen molar-refractivity contribution in [1.29, 1.82) is 0 Å². The van der Waals surface area contributed by atoms with E-state index in [-0.39, 0.29) is 18.6 Å². The van der Waals surface area contributed by atoms with Gasteiger partial charge in [-0.2, -0.15) is 0 Å². The molecule has 0 heterocycles. The Kier molecular flexibility index (Phi) is 12.6. The van der Waals surface area contributed by atoms with Crippen LogP contribution in [0.15, 0.2) is 0 Å². The van der Waals surface area contributed by atoms with E-state index in [9.17, 15) is 5.11 Å². The van der Waals surface area contributed by atoms with Crippen molar-refractivity contribution in [2.75, 3.05) is 0 Å². The molecule has 8 heteroatoms. The molecule has 0 aliphatic carbocycles. The standard InChI is InChI=1S/C11H25NO2.BH3O3.ClH/c1-8(2)7-9(12)14-11(5,6)10(3,4)13;2-1(3)4;/h8-9,13H,7,12H2,1-6H3;2-4H;1H. The maximum Gasteiger partial charge on any atom is 0.631 e. The van der Waals surface area contributed by atoms with E-state index in [2.05, 4.69) is 13.8 Å². The fourth-order valence-electron chi connectivity index (χ4n) is 1.04. The predicted molar refractivity (Wildman–Crippen MR) is 78.6 cm³/mol. The van der Waals surface area contributed by atoms with Gasteiger partial charge in [-0.05, 0) is 40.0 Å². The van der Waals surface area contributed by atoms with Gasteiger partial charge in [0.25, 0.3) is 0 Å². The molecule has 0 bridgehead atoms. The van der Waals surface area contributed by atoms with Crippen molar-refractivity contribution < 1.29 is 24.9 Å². The summed E-state index contributed by atoms with van der Waals surface area (Å²) in [5.41, 5.74) is 4.31. The Hall–Kier alpha value is 0.115. The van der Waals surface area contributed by atoms with Gasteiger partial charge in [-0.25, -0.2) is 0 Å². The Labute approximate surface area is 122 Å². The SMILES string of the molecule is CC(C)CC(N)OC(C)(C)C(C)(C)O.Cl.OB(O)O. The molecule has 118 valence electrons. The summed E-state index contributed by atoms with van der Waals surface area (Å²) in [6.07, 6.45) is 0.496. The first kappa shape index (κ1) is 24.2. The van der Waals surface area contributed by atoms with Gasteiger partial charge in [-0.3, -0.25) is 0 Å². The highest BCUT2D eigenvalue weighted by atomic mass is 35.5. The van der Waals surface area contributed by atoms with Crippen LogP contribution in [0.5, 0.6) is 0 Å². The Bertz CT molecular complexity index is 219. The lowest BCUT2D eigenvalue weighted by Crippen LogP contribution is -2.51. The third-order valence-electron chi connectivity index (χ3n) is 2.62. The van der Waals surface area contributed by atoms with Gasteiger partial charge in [0.05, 0.1) is 11.2 Å². The molecule has 0 amide bonds. The highest BCUT2D eigenvalue weighted by Crippen LogP contribution is 2.26. The summed E-state index contributed by atoms with van der Waals surface area (Å²) in [5.74, 6) is 0.502. The van der Waals surface area contributed by atoms with Crippen LogP contribution in [0.3, 0.4) is 0 Å². The van der Waals surface area contributed by atoms with Crippen molar-refractivity contribution in [2.24, 2.45) is 11.7 Å². The zero-order chi connectivity index (χ0) is 15.1. The molecule has 0 aliphatic rings. The number of ether oxygens (including phenoxy) is 1. The third kappa shape index (κ3) is 14.3. The monoisotopic (exact) mass is 301 g/mol. The van der Waals surface area contributed by atoms with Gasteiger partial charge in [0.1, 0.15) is 6.23 Å². The third-order valence-corrected chi connectivity index (χ3v) is 2.62. The second kappa shape index (κ2) is 9.93. The molecule has 6 N–H and O–H groups in total. The molecular formula is C11H29BClNO5. The molecule has 0 radical (unpaired) electrons. The molecule has 1 unspecified atom stereocenters. The normalized spacial score (nSPS) is 13.3. The lowest BCUT2D eigenvalue weighted by Gasteiger charge is -2.39. The number of hydrogen-bond acceptors (Lipinski definition) is 6. The maximum atomic E-state index is 9.85. The van der Waals surface area contributed by atoms with Crippen LogP contribution in [-0.2, 0) is 4.74 Å². The van der Waals surface area contributed by atoms with Crippen LogP contribution in [-0.4, -0.2) is 44.9 Å². The van der Waals surface area contributed by atoms with E-state index in [0.29, 0.717) is 5.92 Å². The van der Waals surface area contributed by atoms with Crippen LogP contribution in [0.4, 0.5) is 0 Å². The van der Waals surface area contributed by atoms with Gasteiger partial charge in [-0.15, -0.1) is 12.4 Å². The van der Waals surface area contributed by atoms with E-state index in [4.69, 9.17) is 25.5 Å². The Balaban J connectivity index is -0.000000448. The van der Waals surface area contributed by atoms with Gasteiger partial charge in [0.2, 0.25) is 0 Å². The highest BCUT2D eigenvalue weighted by molar-refractivity contribution is 6.30. The zero-order valence-corrected chi connectivity index (χ0v) is 13.4. The van der Waals surface area contributed by atoms with Crippen molar-refractivity contribution in [3.63, 3.8) is 0 Å². The van der Waals surface area contributed by atoms with E-state index in [1.165, 1.54) is 0 Å². The van der Waals surface area contributed by atoms with Gasteiger partial charge >= 0.3 is 7.32 Å². The second-order valence-corrected chi connectivity index (χ2v) is 5.70. The van der Waals surface area contributed by atoms with Crippen LogP contribution in [0.1, 0.15) is 48.0 Å². The van der Waals surface area contributed by atoms with Gasteiger partial charge in [0, 0.05) is 0 Å². The van der Waals surface area contributed by atoms with Crippen LogP contribution in [0.2, 0.25) is 0 Å². The van der Waals surface area contributed by atoms with Gasteiger partial charge < -0.3 is 30.6 Å². The van der Waals surface area contributed by atoms with Crippen molar-refractivity contribution in [2.45, 2.75) is 65.4 Å². The number of halogens is 1. The first-order valence-electron chi connectivity index (χ1n) is 5.99. The first-order chi connectivity index (χ1) is 7.79. The molecule has 0 aromatic rings. The molecule has 1 atom stereocenters. The van der Waals surface area contributed by atoms with Crippen LogP contribution in [0, 0.1) is 5.92 Å². The summed E-state index contributed by atoms with van der Waals surface area (Å²) in [6.45, 7) is 11.4. The Morgan fingerprint density at radius 3 is 1.63 bits per heavy atom. The molecule has 0 rings (SSSR count). The van der Waals surface area contributed by atoms with Crippen molar-refractivity contribution >= 4 is 19.7 Å². The lowest BCUT2D eigenvalue weighted by atomic mass is 9.89. The molecule has 0 aliphatic heterocycles. The zero-order valence-electron chi connectivity index (χ0n) is 12.6. The largest absolute Gasteiger partial charge is 0.631 e. The molecule has 0 saturated carbocycles. The lowest BCUT2D eigenvalue weighted by molar-refractivity contribution is -0.175. The number of aliphatic hydroxyl groups is 1. The van der Waals surface area contributed by atoms with Crippen LogP contribution in [0.25, 0.3) is 0 Å². The van der Waals surface area contributed by atoms with Crippen molar-refractivity contribution in [3.05, 3.63) is 0 Å². The molecule has 0 saturated heterocycles. The van der Waals surface area contributed by atoms with E-state index in [1.54, 1.807) is 13.8 Å². The summed E-state index contributed by atoms with van der Waals surface area (Å²) in [5, 5.41) is 31.3. The minimum absolute atomic E-state index is 0. The predicted octanol–water partition coefficient (Wildman–Crippen LogP) is 0.253. The van der Waals surface area contributed by atoms with Crippen molar-refractivity contribution in [3.8, 4) is 0 Å². The molecule has 6 nitrogen and oxygen atoms in total. The summed E-state index contributed by atoms with van der Waals surface area (Å²) >= 11 is 0. The smallest absolute Gasteiger partial charge is 0.402 e. The molecule has 0 aromatic heterocycles. The molecule has 0 aromatic carbocycles. The quantitative estimate of drug-likeness (QED) is 0.367. The fourth-order valence-corrected chi connectivity index (χ4v) is 1.04. The molecule has 0 spiro atoms. The minimum Gasteiger partial charge on any atom is -0.402 e. The summed E-state index contributed by atoms with van der Waals surface area (Å²) in [4.78, 5) is 0. The second-order valence-electron chi connectivity index (χ2n) is 5.70. The molecule has 19 heavy (non-hydrogen) atoms. The number of nitrogens with two attached hydrogens (primary N) is 1. The minimum atomic E-state index is -2.17. The van der Waals surface area contributed by atoms with E-state index in [0.717, 1.165) is 6.42 Å². The average Bonchev–Trinajstić information content (AvgIpc) is 1.95. The average molecular weight is 302 g/mol. The van der Waals surface area contributed by atoms with E-state index < -0.39 is 18.5 Å². The summed E-state index contributed by atoms with van der Waals surface area (Å²) in [6, 6.07) is 0. The molecule has 0 fully saturated rings. The van der Waals surface area contributed by atoms with Crippen LogP contribution < -0.4 is 5.73 Å². The number of hydrogen-bond donors (Lipinski definition) is 5. The highest BCUT2D eigenvalue weighted by Gasteiger charge is 2.37. The fraction of sp³-hybridized carbons (Fsp3) is 1.00. The first-order valence-corrected chi connectivity index (χ1v) is 5.99. The summed E-state index contributed by atoms with van der Waals surface area (Å²) in [7, 11) is -2.17. The van der Waals surface area contributed by atoms with Crippen molar-refractivity contribution in [1.82, 2.24) is 0 Å². The van der Waals surface area contributed by atoms with Gasteiger partial charge in [-0.1, -0.05) is 13.8 Å². The Morgan fingerprint density at radius 1 is 1.11 bits per heavy atom. The summed E-state index contributed by atoms with van der Waals surface area (Å²) < 4.78 is 5.64. The van der Waals surface area contributed by atoms with Crippen LogP contribution >= 0.6 is 12.4 Å².